The summed E-state index contributed by atoms with van der Waals surface area (Å²) in [5, 5.41) is 8.13. The molecule has 2 aromatic rings. The van der Waals surface area contributed by atoms with Crippen molar-refractivity contribution in [3.05, 3.63) is 47.5 Å². The van der Waals surface area contributed by atoms with Crippen LogP contribution in [0.5, 0.6) is 0 Å². The molecule has 5 N–H and O–H groups in total. The van der Waals surface area contributed by atoms with E-state index in [0.29, 0.717) is 22.7 Å². The van der Waals surface area contributed by atoms with Crippen LogP contribution in [-0.4, -0.2) is 18.7 Å². The molecule has 0 fully saturated rings. The van der Waals surface area contributed by atoms with E-state index in [1.165, 1.54) is 0 Å². The van der Waals surface area contributed by atoms with Crippen molar-refractivity contribution in [2.45, 2.75) is 20.8 Å². The Labute approximate surface area is 146 Å². The van der Waals surface area contributed by atoms with E-state index in [2.05, 4.69) is 16.0 Å². The van der Waals surface area contributed by atoms with Gasteiger partial charge in [0.2, 0.25) is 0 Å². The highest BCUT2D eigenvalue weighted by Gasteiger charge is 2.09. The van der Waals surface area contributed by atoms with Gasteiger partial charge in [0, 0.05) is 22.7 Å². The molecular weight excluding hydrogens is 320 g/mol. The third kappa shape index (κ3) is 5.13. The maximum Gasteiger partial charge on any atom is 0.411 e. The third-order valence-corrected chi connectivity index (χ3v) is 3.52. The molecule has 7 nitrogen and oxygen atoms in total. The monoisotopic (exact) mass is 342 g/mol. The lowest BCUT2D eigenvalue weighted by molar-refractivity contribution is 0.168. The van der Waals surface area contributed by atoms with E-state index in [-0.39, 0.29) is 6.61 Å². The summed E-state index contributed by atoms with van der Waals surface area (Å²) in [4.78, 5) is 23.8. The van der Waals surface area contributed by atoms with Crippen molar-refractivity contribution in [2.24, 2.45) is 0 Å². The summed E-state index contributed by atoms with van der Waals surface area (Å²) < 4.78 is 4.84. The van der Waals surface area contributed by atoms with Crippen molar-refractivity contribution < 1.29 is 14.3 Å². The average molecular weight is 342 g/mol. The standard InChI is InChI=1S/C18H22N4O3/c1-4-25-18(24)20-14-8-6-12(3)16(10-14)22-17(23)21-15-9-13(19)7-5-11(15)2/h5-10H,4,19H2,1-3H3,(H,20,24)(H2,21,22,23). The van der Waals surface area contributed by atoms with Gasteiger partial charge in [-0.15, -0.1) is 0 Å². The van der Waals surface area contributed by atoms with E-state index in [0.717, 1.165) is 11.1 Å². The van der Waals surface area contributed by atoms with Gasteiger partial charge in [-0.3, -0.25) is 5.32 Å². The first-order chi connectivity index (χ1) is 11.9. The van der Waals surface area contributed by atoms with Gasteiger partial charge in [0.15, 0.2) is 0 Å². The molecule has 0 spiro atoms. The van der Waals surface area contributed by atoms with Gasteiger partial charge in [0.25, 0.3) is 0 Å². The second kappa shape index (κ2) is 8.05. The first-order valence-corrected chi connectivity index (χ1v) is 7.87. The fraction of sp³-hybridized carbons (Fsp3) is 0.222. The quantitative estimate of drug-likeness (QED) is 0.628. The minimum Gasteiger partial charge on any atom is -0.450 e. The fourth-order valence-corrected chi connectivity index (χ4v) is 2.17. The van der Waals surface area contributed by atoms with Gasteiger partial charge in [0.05, 0.1) is 6.61 Å². The van der Waals surface area contributed by atoms with Crippen LogP contribution >= 0.6 is 0 Å². The molecule has 25 heavy (non-hydrogen) atoms. The van der Waals surface area contributed by atoms with E-state index in [1.54, 1.807) is 37.3 Å². The second-order valence-electron chi connectivity index (χ2n) is 5.53. The van der Waals surface area contributed by atoms with E-state index >= 15 is 0 Å². The lowest BCUT2D eigenvalue weighted by atomic mass is 10.1. The van der Waals surface area contributed by atoms with Crippen molar-refractivity contribution >= 4 is 34.9 Å². The summed E-state index contributed by atoms with van der Waals surface area (Å²) in [6.45, 7) is 5.74. The lowest BCUT2D eigenvalue weighted by Gasteiger charge is -2.13. The molecule has 0 unspecified atom stereocenters. The van der Waals surface area contributed by atoms with Gasteiger partial charge in [0.1, 0.15) is 0 Å². The number of nitrogen functional groups attached to an aromatic ring is 1. The molecule has 0 saturated heterocycles. The maximum atomic E-state index is 12.3. The van der Waals surface area contributed by atoms with Crippen LogP contribution in [0.15, 0.2) is 36.4 Å². The summed E-state index contributed by atoms with van der Waals surface area (Å²) in [7, 11) is 0. The number of rotatable bonds is 4. The topological polar surface area (TPSA) is 105 Å². The Bertz CT molecular complexity index is 790. The van der Waals surface area contributed by atoms with E-state index in [1.807, 2.05) is 19.9 Å². The smallest absolute Gasteiger partial charge is 0.411 e. The number of anilines is 4. The molecule has 0 aliphatic heterocycles. The zero-order valence-electron chi connectivity index (χ0n) is 14.5. The Balaban J connectivity index is 2.09. The Morgan fingerprint density at radius 1 is 0.960 bits per heavy atom. The number of carbonyl (C=O) groups is 2. The summed E-state index contributed by atoms with van der Waals surface area (Å²) in [6, 6.07) is 10.1. The SMILES string of the molecule is CCOC(=O)Nc1ccc(C)c(NC(=O)Nc2cc(N)ccc2C)c1. The van der Waals surface area contributed by atoms with E-state index in [4.69, 9.17) is 10.5 Å². The molecule has 2 aromatic carbocycles. The molecule has 0 saturated carbocycles. The molecule has 0 aliphatic rings. The van der Waals surface area contributed by atoms with Gasteiger partial charge in [-0.2, -0.15) is 0 Å². The van der Waals surface area contributed by atoms with Crippen LogP contribution < -0.4 is 21.7 Å². The number of nitrogens with one attached hydrogen (secondary N) is 3. The van der Waals surface area contributed by atoms with Crippen molar-refractivity contribution in [3.63, 3.8) is 0 Å². The summed E-state index contributed by atoms with van der Waals surface area (Å²) >= 11 is 0. The summed E-state index contributed by atoms with van der Waals surface area (Å²) in [6.07, 6.45) is -0.544. The van der Waals surface area contributed by atoms with Crippen molar-refractivity contribution in [2.75, 3.05) is 28.3 Å². The molecule has 3 amide bonds. The highest BCUT2D eigenvalue weighted by molar-refractivity contribution is 6.01. The molecule has 0 bridgehead atoms. The van der Waals surface area contributed by atoms with E-state index in [9.17, 15) is 9.59 Å². The van der Waals surface area contributed by atoms with Crippen LogP contribution in [0.3, 0.4) is 0 Å². The van der Waals surface area contributed by atoms with Gasteiger partial charge in [-0.05, 0) is 56.2 Å². The predicted molar refractivity (Wildman–Crippen MR) is 100 cm³/mol. The van der Waals surface area contributed by atoms with Crippen molar-refractivity contribution in [1.29, 1.82) is 0 Å². The van der Waals surface area contributed by atoms with E-state index < -0.39 is 12.1 Å². The number of ether oxygens (including phenoxy) is 1. The van der Waals surface area contributed by atoms with Crippen LogP contribution in [0.1, 0.15) is 18.1 Å². The van der Waals surface area contributed by atoms with Crippen molar-refractivity contribution in [3.8, 4) is 0 Å². The Morgan fingerprint density at radius 2 is 1.56 bits per heavy atom. The number of aryl methyl sites for hydroxylation is 2. The molecule has 0 atom stereocenters. The predicted octanol–water partition coefficient (Wildman–Crippen LogP) is 4.10. The zero-order chi connectivity index (χ0) is 18.4. The fourth-order valence-electron chi connectivity index (χ4n) is 2.17. The van der Waals surface area contributed by atoms with Crippen LogP contribution in [0.2, 0.25) is 0 Å². The van der Waals surface area contributed by atoms with Gasteiger partial charge in [-0.25, -0.2) is 9.59 Å². The first-order valence-electron chi connectivity index (χ1n) is 7.87. The third-order valence-electron chi connectivity index (χ3n) is 3.52. The number of hydrogen-bond acceptors (Lipinski definition) is 4. The normalized spacial score (nSPS) is 10.0. The molecule has 7 heteroatoms. The first kappa shape index (κ1) is 18.1. The summed E-state index contributed by atoms with van der Waals surface area (Å²) in [5.41, 5.74) is 9.81. The molecule has 0 heterocycles. The number of urea groups is 1. The molecular formula is C18H22N4O3. The van der Waals surface area contributed by atoms with Gasteiger partial charge in [-0.1, -0.05) is 12.1 Å². The minimum atomic E-state index is -0.544. The van der Waals surface area contributed by atoms with Crippen molar-refractivity contribution in [1.82, 2.24) is 0 Å². The van der Waals surface area contributed by atoms with Gasteiger partial charge < -0.3 is 21.1 Å². The molecule has 0 radical (unpaired) electrons. The molecule has 2 rings (SSSR count). The number of benzene rings is 2. The minimum absolute atomic E-state index is 0.283. The Morgan fingerprint density at radius 3 is 2.20 bits per heavy atom. The largest absolute Gasteiger partial charge is 0.450 e. The van der Waals surface area contributed by atoms with Crippen LogP contribution in [0.4, 0.5) is 32.3 Å². The molecule has 132 valence electrons. The zero-order valence-corrected chi connectivity index (χ0v) is 14.5. The van der Waals surface area contributed by atoms with Crippen LogP contribution in [0, 0.1) is 13.8 Å². The van der Waals surface area contributed by atoms with Crippen LogP contribution in [0.25, 0.3) is 0 Å². The molecule has 0 aliphatic carbocycles. The number of nitrogens with two attached hydrogens (primary N) is 1. The second-order valence-corrected chi connectivity index (χ2v) is 5.53. The van der Waals surface area contributed by atoms with Gasteiger partial charge >= 0.3 is 12.1 Å². The lowest BCUT2D eigenvalue weighted by Crippen LogP contribution is -2.21. The number of carbonyl (C=O) groups excluding carboxylic acids is 2. The highest BCUT2D eigenvalue weighted by atomic mass is 16.5. The maximum absolute atomic E-state index is 12.3. The summed E-state index contributed by atoms with van der Waals surface area (Å²) in [5.74, 6) is 0. The average Bonchev–Trinajstić information content (AvgIpc) is 2.54. The Hall–Kier alpha value is -3.22. The van der Waals surface area contributed by atoms with Crippen LogP contribution in [-0.2, 0) is 4.74 Å². The highest BCUT2D eigenvalue weighted by Crippen LogP contribution is 2.22. The Kier molecular flexibility index (Phi) is 5.84. The molecule has 0 aromatic heterocycles. The number of hydrogen-bond donors (Lipinski definition) is 4. The number of amides is 3.